The molecule has 3 aromatic rings. The first-order valence-electron chi connectivity index (χ1n) is 6.91. The zero-order valence-corrected chi connectivity index (χ0v) is 11.7. The van der Waals surface area contributed by atoms with Gasteiger partial charge in [0, 0.05) is 46.0 Å². The third-order valence-corrected chi connectivity index (χ3v) is 4.16. The van der Waals surface area contributed by atoms with Crippen LogP contribution in [0.15, 0.2) is 48.7 Å². The number of H-pyrrole nitrogens is 1. The summed E-state index contributed by atoms with van der Waals surface area (Å²) < 4.78 is 0. The number of non-ortho nitro benzene ring substituents is 1. The molecule has 4 rings (SSSR count). The maximum atomic E-state index is 12.4. The maximum Gasteiger partial charge on any atom is 0.269 e. The summed E-state index contributed by atoms with van der Waals surface area (Å²) in [6.45, 7) is 0. The van der Waals surface area contributed by atoms with E-state index >= 15 is 0 Å². The van der Waals surface area contributed by atoms with E-state index in [1.54, 1.807) is 18.3 Å². The molecule has 0 saturated heterocycles. The summed E-state index contributed by atoms with van der Waals surface area (Å²) in [4.78, 5) is 25.9. The quantitative estimate of drug-likeness (QED) is 0.498. The smallest absolute Gasteiger partial charge is 0.269 e. The number of aromatic amines is 1. The van der Waals surface area contributed by atoms with E-state index in [4.69, 9.17) is 0 Å². The zero-order valence-electron chi connectivity index (χ0n) is 11.7. The van der Waals surface area contributed by atoms with Crippen LogP contribution in [0.1, 0.15) is 11.1 Å². The number of benzene rings is 2. The summed E-state index contributed by atoms with van der Waals surface area (Å²) in [5.74, 6) is -0.627. The minimum Gasteiger partial charge on any atom is -0.372 e. The lowest BCUT2D eigenvalue weighted by Crippen LogP contribution is -2.35. The van der Waals surface area contributed by atoms with E-state index in [2.05, 4.69) is 10.3 Å². The maximum absolute atomic E-state index is 12.4. The van der Waals surface area contributed by atoms with Crippen molar-refractivity contribution in [1.29, 1.82) is 0 Å². The second kappa shape index (κ2) is 4.40. The molecule has 3 N–H and O–H groups in total. The number of amides is 1. The molecule has 0 saturated carbocycles. The Morgan fingerprint density at radius 1 is 1.13 bits per heavy atom. The second-order valence-corrected chi connectivity index (χ2v) is 5.40. The summed E-state index contributed by atoms with van der Waals surface area (Å²) in [5.41, 5.74) is -0.471. The zero-order chi connectivity index (χ0) is 16.2. The van der Waals surface area contributed by atoms with Gasteiger partial charge in [-0.25, -0.2) is 0 Å². The molecule has 7 nitrogen and oxygen atoms in total. The second-order valence-electron chi connectivity index (χ2n) is 5.40. The van der Waals surface area contributed by atoms with Gasteiger partial charge in [0.1, 0.15) is 0 Å². The highest BCUT2D eigenvalue weighted by Gasteiger charge is 2.48. The predicted octanol–water partition coefficient (Wildman–Crippen LogP) is 2.26. The number of para-hydroxylation sites is 1. The number of nitro groups is 1. The van der Waals surface area contributed by atoms with Gasteiger partial charge in [-0.05, 0) is 12.1 Å². The normalized spacial score (nSPS) is 19.6. The van der Waals surface area contributed by atoms with Crippen molar-refractivity contribution in [2.24, 2.45) is 0 Å². The van der Waals surface area contributed by atoms with Crippen LogP contribution in [0.4, 0.5) is 11.4 Å². The van der Waals surface area contributed by atoms with Crippen LogP contribution in [0.5, 0.6) is 0 Å². The summed E-state index contributed by atoms with van der Waals surface area (Å²) in [6.07, 6.45) is 1.55. The number of hydrogen-bond donors (Lipinski definition) is 3. The number of fused-ring (bicyclic) bond motifs is 2. The van der Waals surface area contributed by atoms with Gasteiger partial charge in [0.05, 0.1) is 4.92 Å². The molecule has 114 valence electrons. The van der Waals surface area contributed by atoms with Gasteiger partial charge in [-0.2, -0.15) is 0 Å². The Kier molecular flexibility index (Phi) is 2.58. The van der Waals surface area contributed by atoms with E-state index in [0.717, 1.165) is 5.52 Å². The molecule has 0 bridgehead atoms. The van der Waals surface area contributed by atoms with Crippen LogP contribution >= 0.6 is 0 Å². The molecule has 1 aliphatic heterocycles. The first-order chi connectivity index (χ1) is 11.0. The first-order valence-corrected chi connectivity index (χ1v) is 6.91. The van der Waals surface area contributed by atoms with Crippen molar-refractivity contribution < 1.29 is 14.8 Å². The summed E-state index contributed by atoms with van der Waals surface area (Å²) in [7, 11) is 0. The van der Waals surface area contributed by atoms with Crippen molar-refractivity contribution in [1.82, 2.24) is 4.98 Å². The number of rotatable bonds is 2. The third-order valence-electron chi connectivity index (χ3n) is 4.16. The average molecular weight is 309 g/mol. The molecule has 1 aromatic heterocycles. The predicted molar refractivity (Wildman–Crippen MR) is 83.0 cm³/mol. The Bertz CT molecular complexity index is 978. The summed E-state index contributed by atoms with van der Waals surface area (Å²) in [6, 6.07) is 11.2. The number of aromatic nitrogens is 1. The van der Waals surface area contributed by atoms with Gasteiger partial charge in [-0.3, -0.25) is 14.9 Å². The molecule has 1 aliphatic rings. The van der Waals surface area contributed by atoms with Gasteiger partial charge in [0.2, 0.25) is 0 Å². The number of nitrogens with one attached hydrogen (secondary N) is 2. The first kappa shape index (κ1) is 13.5. The van der Waals surface area contributed by atoms with Crippen LogP contribution in [0.2, 0.25) is 0 Å². The van der Waals surface area contributed by atoms with Crippen molar-refractivity contribution >= 4 is 28.2 Å². The lowest BCUT2D eigenvalue weighted by atomic mass is 9.87. The highest BCUT2D eigenvalue weighted by Crippen LogP contribution is 2.44. The van der Waals surface area contributed by atoms with E-state index < -0.39 is 16.4 Å². The largest absolute Gasteiger partial charge is 0.372 e. The van der Waals surface area contributed by atoms with E-state index in [1.807, 2.05) is 12.1 Å². The van der Waals surface area contributed by atoms with Crippen LogP contribution < -0.4 is 5.32 Å². The standard InChI is InChI=1S/C16H11N3O4/c20-15-16(21,12-8-17-13-4-2-1-3-10(12)13)11-7-9(19(22)23)5-6-14(11)18-15/h1-8,17,21H,(H,18,20)/t16-/m1/s1. The van der Waals surface area contributed by atoms with Gasteiger partial charge < -0.3 is 15.4 Å². The number of carbonyl (C=O) groups is 1. The van der Waals surface area contributed by atoms with Crippen molar-refractivity contribution in [3.05, 3.63) is 69.9 Å². The van der Waals surface area contributed by atoms with Crippen LogP contribution in [0.25, 0.3) is 10.9 Å². The monoisotopic (exact) mass is 309 g/mol. The number of nitrogens with zero attached hydrogens (tertiary/aromatic N) is 1. The molecular formula is C16H11N3O4. The van der Waals surface area contributed by atoms with Crippen LogP contribution in [-0.4, -0.2) is 20.9 Å². The van der Waals surface area contributed by atoms with Gasteiger partial charge in [0.15, 0.2) is 5.60 Å². The third kappa shape index (κ3) is 1.71. The number of aliphatic hydroxyl groups is 1. The Labute approximate surface area is 129 Å². The molecule has 0 aliphatic carbocycles. The van der Waals surface area contributed by atoms with Crippen LogP contribution in [0.3, 0.4) is 0 Å². The summed E-state index contributed by atoms with van der Waals surface area (Å²) >= 11 is 0. The highest BCUT2D eigenvalue weighted by molar-refractivity contribution is 6.09. The molecular weight excluding hydrogens is 298 g/mol. The van der Waals surface area contributed by atoms with Gasteiger partial charge in [-0.1, -0.05) is 18.2 Å². The Balaban J connectivity index is 2.00. The molecule has 23 heavy (non-hydrogen) atoms. The average Bonchev–Trinajstić information content (AvgIpc) is 3.08. The van der Waals surface area contributed by atoms with Gasteiger partial charge >= 0.3 is 0 Å². The topological polar surface area (TPSA) is 108 Å². The van der Waals surface area contributed by atoms with Crippen molar-refractivity contribution in [2.75, 3.05) is 5.32 Å². The fraction of sp³-hybridized carbons (Fsp3) is 0.0625. The summed E-state index contributed by atoms with van der Waals surface area (Å²) in [5, 5.41) is 25.4. The fourth-order valence-electron chi connectivity index (χ4n) is 3.03. The van der Waals surface area contributed by atoms with E-state index in [-0.39, 0.29) is 11.3 Å². The van der Waals surface area contributed by atoms with Crippen molar-refractivity contribution in [2.45, 2.75) is 5.60 Å². The van der Waals surface area contributed by atoms with Gasteiger partial charge in [-0.15, -0.1) is 0 Å². The van der Waals surface area contributed by atoms with Crippen molar-refractivity contribution in [3.8, 4) is 0 Å². The highest BCUT2D eigenvalue weighted by atomic mass is 16.6. The minimum atomic E-state index is -1.97. The molecule has 0 fully saturated rings. The van der Waals surface area contributed by atoms with Crippen molar-refractivity contribution in [3.63, 3.8) is 0 Å². The van der Waals surface area contributed by atoms with E-state index in [1.165, 1.54) is 18.2 Å². The number of nitro benzene ring substituents is 1. The molecule has 0 spiro atoms. The number of hydrogen-bond acceptors (Lipinski definition) is 4. The Morgan fingerprint density at radius 3 is 2.70 bits per heavy atom. The van der Waals surface area contributed by atoms with E-state index in [9.17, 15) is 20.0 Å². The lowest BCUT2D eigenvalue weighted by Gasteiger charge is -2.20. The van der Waals surface area contributed by atoms with Crippen LogP contribution in [-0.2, 0) is 10.4 Å². The number of anilines is 1. The molecule has 7 heteroatoms. The molecule has 0 unspecified atom stereocenters. The fourth-order valence-corrected chi connectivity index (χ4v) is 3.03. The Morgan fingerprint density at radius 2 is 1.91 bits per heavy atom. The molecule has 0 radical (unpaired) electrons. The molecule has 1 atom stereocenters. The molecule has 2 heterocycles. The lowest BCUT2D eigenvalue weighted by molar-refractivity contribution is -0.385. The van der Waals surface area contributed by atoms with Gasteiger partial charge in [0.25, 0.3) is 11.6 Å². The molecule has 2 aromatic carbocycles. The number of carbonyl (C=O) groups excluding carboxylic acids is 1. The SMILES string of the molecule is O=C1Nc2ccc([N+](=O)[O-])cc2[C@@]1(O)c1c[nH]c2ccccc12. The molecule has 1 amide bonds. The van der Waals surface area contributed by atoms with Crippen LogP contribution in [0, 0.1) is 10.1 Å². The minimum absolute atomic E-state index is 0.182. The Hall–Kier alpha value is -3.19. The van der Waals surface area contributed by atoms with E-state index in [0.29, 0.717) is 16.6 Å².